The lowest BCUT2D eigenvalue weighted by Gasteiger charge is -2.02. The number of benzene rings is 1. The van der Waals surface area contributed by atoms with Crippen molar-refractivity contribution in [2.45, 2.75) is 6.92 Å². The van der Waals surface area contributed by atoms with E-state index in [1.54, 1.807) is 29.6 Å². The van der Waals surface area contributed by atoms with Crippen molar-refractivity contribution in [3.8, 4) is 0 Å². The van der Waals surface area contributed by atoms with Crippen LogP contribution in [0.5, 0.6) is 0 Å². The molecule has 1 fully saturated rings. The Morgan fingerprint density at radius 1 is 1.05 bits per heavy atom. The largest absolute Gasteiger partial charge is 0.294 e. The average Bonchev–Trinajstić information content (AvgIpc) is 2.98. The van der Waals surface area contributed by atoms with Gasteiger partial charge in [0.05, 0.1) is 9.81 Å². The molecule has 0 bridgehead atoms. The van der Waals surface area contributed by atoms with Crippen LogP contribution in [-0.4, -0.2) is 23.1 Å². The number of Topliss-reactive ketones (excluding diaryl/α,β-unsaturated/α-hetero) is 1. The maximum Gasteiger partial charge on any atom is 0.191 e. The van der Waals surface area contributed by atoms with E-state index in [1.165, 1.54) is 13.0 Å². The maximum atomic E-state index is 12.2. The SMILES string of the molecule is CC(=O)C(C(=O)/C=C/C=C/c1ccccc1)=C1SCCS1. The molecule has 0 unspecified atom stereocenters. The molecule has 1 heterocycles. The van der Waals surface area contributed by atoms with Crippen molar-refractivity contribution in [3.63, 3.8) is 0 Å². The van der Waals surface area contributed by atoms with Crippen molar-refractivity contribution < 1.29 is 9.59 Å². The van der Waals surface area contributed by atoms with Gasteiger partial charge in [-0.25, -0.2) is 0 Å². The molecular weight excluding hydrogens is 300 g/mol. The molecular formula is C17H16O2S2. The van der Waals surface area contributed by atoms with E-state index < -0.39 is 0 Å². The summed E-state index contributed by atoms with van der Waals surface area (Å²) in [5.74, 6) is 1.55. The Bertz CT molecular complexity index is 605. The van der Waals surface area contributed by atoms with Crippen LogP contribution in [0.15, 0.2) is 58.4 Å². The molecule has 0 amide bonds. The number of allylic oxidation sites excluding steroid dienone is 4. The van der Waals surface area contributed by atoms with Gasteiger partial charge in [-0.2, -0.15) is 0 Å². The van der Waals surface area contributed by atoms with Gasteiger partial charge in [0.25, 0.3) is 0 Å². The minimum Gasteiger partial charge on any atom is -0.294 e. The maximum absolute atomic E-state index is 12.2. The van der Waals surface area contributed by atoms with Crippen LogP contribution < -0.4 is 0 Å². The summed E-state index contributed by atoms with van der Waals surface area (Å²) in [6, 6.07) is 9.85. The lowest BCUT2D eigenvalue weighted by molar-refractivity contribution is -0.118. The smallest absolute Gasteiger partial charge is 0.191 e. The van der Waals surface area contributed by atoms with Crippen molar-refractivity contribution in [1.29, 1.82) is 0 Å². The van der Waals surface area contributed by atoms with Crippen molar-refractivity contribution in [3.05, 3.63) is 63.9 Å². The lowest BCUT2D eigenvalue weighted by Crippen LogP contribution is -2.08. The summed E-state index contributed by atoms with van der Waals surface area (Å²) in [5.41, 5.74) is 1.40. The molecule has 1 aliphatic rings. The van der Waals surface area contributed by atoms with Crippen LogP contribution in [0.1, 0.15) is 12.5 Å². The molecule has 0 spiro atoms. The molecule has 4 heteroatoms. The van der Waals surface area contributed by atoms with Crippen LogP contribution in [0.2, 0.25) is 0 Å². The Hall–Kier alpha value is -1.52. The van der Waals surface area contributed by atoms with Gasteiger partial charge in [0.15, 0.2) is 11.6 Å². The Morgan fingerprint density at radius 2 is 1.71 bits per heavy atom. The molecule has 0 aromatic heterocycles. The third-order valence-corrected chi connectivity index (χ3v) is 5.51. The van der Waals surface area contributed by atoms with Gasteiger partial charge in [-0.3, -0.25) is 9.59 Å². The number of hydrogen-bond donors (Lipinski definition) is 0. The molecule has 2 rings (SSSR count). The number of ketones is 2. The number of thioether (sulfide) groups is 2. The Balaban J connectivity index is 2.06. The molecule has 108 valence electrons. The summed E-state index contributed by atoms with van der Waals surface area (Å²) in [6.45, 7) is 1.45. The van der Waals surface area contributed by atoms with E-state index in [-0.39, 0.29) is 11.6 Å². The van der Waals surface area contributed by atoms with E-state index >= 15 is 0 Å². The quantitative estimate of drug-likeness (QED) is 0.354. The molecule has 21 heavy (non-hydrogen) atoms. The molecule has 1 saturated heterocycles. The van der Waals surface area contributed by atoms with Gasteiger partial charge in [0.1, 0.15) is 0 Å². The number of carbonyl (C=O) groups is 2. The zero-order valence-electron chi connectivity index (χ0n) is 11.7. The number of carbonyl (C=O) groups excluding carboxylic acids is 2. The summed E-state index contributed by atoms with van der Waals surface area (Å²) >= 11 is 3.18. The van der Waals surface area contributed by atoms with Gasteiger partial charge >= 0.3 is 0 Å². The van der Waals surface area contributed by atoms with E-state index in [2.05, 4.69) is 0 Å². The van der Waals surface area contributed by atoms with Crippen molar-refractivity contribution in [2.75, 3.05) is 11.5 Å². The molecule has 2 nitrogen and oxygen atoms in total. The van der Waals surface area contributed by atoms with Crippen LogP contribution in [0.25, 0.3) is 6.08 Å². The Kier molecular flexibility index (Phi) is 6.08. The second kappa shape index (κ2) is 8.05. The number of hydrogen-bond acceptors (Lipinski definition) is 4. The van der Waals surface area contributed by atoms with Crippen LogP contribution in [0.3, 0.4) is 0 Å². The minimum absolute atomic E-state index is 0.159. The molecule has 1 aromatic carbocycles. The first-order chi connectivity index (χ1) is 10.2. The third-order valence-electron chi connectivity index (χ3n) is 2.80. The molecule has 1 aromatic rings. The first kappa shape index (κ1) is 15.9. The summed E-state index contributed by atoms with van der Waals surface area (Å²) in [4.78, 5) is 23.8. The van der Waals surface area contributed by atoms with Crippen molar-refractivity contribution in [1.82, 2.24) is 0 Å². The first-order valence-electron chi connectivity index (χ1n) is 6.63. The monoisotopic (exact) mass is 316 g/mol. The van der Waals surface area contributed by atoms with Crippen LogP contribution in [0, 0.1) is 0 Å². The highest BCUT2D eigenvalue weighted by atomic mass is 32.2. The molecule has 0 N–H and O–H groups in total. The predicted molar refractivity (Wildman–Crippen MR) is 92.2 cm³/mol. The third kappa shape index (κ3) is 4.76. The highest BCUT2D eigenvalue weighted by Gasteiger charge is 2.21. The Labute approximate surface area is 133 Å². The van der Waals surface area contributed by atoms with Crippen LogP contribution >= 0.6 is 23.5 Å². The first-order valence-corrected chi connectivity index (χ1v) is 8.60. The van der Waals surface area contributed by atoms with E-state index in [0.717, 1.165) is 21.3 Å². The normalized spacial score (nSPS) is 15.0. The van der Waals surface area contributed by atoms with Gasteiger partial charge in [-0.15, -0.1) is 23.5 Å². The molecule has 0 radical (unpaired) electrons. The summed E-state index contributed by atoms with van der Waals surface area (Å²) < 4.78 is 0.865. The molecule has 0 atom stereocenters. The standard InChI is InChI=1S/C17H16O2S2/c1-13(18)16(17-20-11-12-21-17)15(19)10-6-5-9-14-7-3-2-4-8-14/h2-10H,11-12H2,1H3/b9-5+,10-6+. The van der Waals surface area contributed by atoms with Gasteiger partial charge in [0.2, 0.25) is 0 Å². The molecule has 0 aliphatic carbocycles. The zero-order valence-corrected chi connectivity index (χ0v) is 13.4. The van der Waals surface area contributed by atoms with E-state index in [0.29, 0.717) is 5.57 Å². The zero-order chi connectivity index (χ0) is 15.1. The van der Waals surface area contributed by atoms with E-state index in [1.807, 2.05) is 42.5 Å². The molecule has 1 aliphatic heterocycles. The van der Waals surface area contributed by atoms with Crippen molar-refractivity contribution in [2.24, 2.45) is 0 Å². The highest BCUT2D eigenvalue weighted by Crippen LogP contribution is 2.39. The fourth-order valence-electron chi connectivity index (χ4n) is 1.83. The fraction of sp³-hybridized carbons (Fsp3) is 0.176. The van der Waals surface area contributed by atoms with Crippen LogP contribution in [-0.2, 0) is 9.59 Å². The summed E-state index contributed by atoms with van der Waals surface area (Å²) in [7, 11) is 0. The second-order valence-corrected chi connectivity index (χ2v) is 6.88. The molecule has 0 saturated carbocycles. The number of rotatable bonds is 5. The second-order valence-electron chi connectivity index (χ2n) is 4.41. The van der Waals surface area contributed by atoms with E-state index in [4.69, 9.17) is 0 Å². The van der Waals surface area contributed by atoms with Crippen LogP contribution in [0.4, 0.5) is 0 Å². The Morgan fingerprint density at radius 3 is 2.33 bits per heavy atom. The van der Waals surface area contributed by atoms with Gasteiger partial charge < -0.3 is 0 Å². The van der Waals surface area contributed by atoms with Crippen molar-refractivity contribution >= 4 is 41.2 Å². The highest BCUT2D eigenvalue weighted by molar-refractivity contribution is 8.25. The fourth-order valence-corrected chi connectivity index (χ4v) is 4.48. The predicted octanol–water partition coefficient (Wildman–Crippen LogP) is 4.11. The average molecular weight is 316 g/mol. The van der Waals surface area contributed by atoms with Gasteiger partial charge in [-0.05, 0) is 18.6 Å². The minimum atomic E-state index is -0.211. The van der Waals surface area contributed by atoms with Gasteiger partial charge in [0, 0.05) is 11.5 Å². The topological polar surface area (TPSA) is 34.1 Å². The summed E-state index contributed by atoms with van der Waals surface area (Å²) in [5, 5.41) is 0. The van der Waals surface area contributed by atoms with E-state index in [9.17, 15) is 9.59 Å². The lowest BCUT2D eigenvalue weighted by atomic mass is 10.1. The van der Waals surface area contributed by atoms with Gasteiger partial charge in [-0.1, -0.05) is 48.6 Å². The summed E-state index contributed by atoms with van der Waals surface area (Å²) in [6.07, 6.45) is 6.87.